The van der Waals surface area contributed by atoms with Crippen LogP contribution in [0.2, 0.25) is 10.2 Å². The van der Waals surface area contributed by atoms with Crippen molar-refractivity contribution in [3.8, 4) is 28.1 Å². The second-order valence-electron chi connectivity index (χ2n) is 8.48. The zero-order chi connectivity index (χ0) is 28.6. The molecule has 1 unspecified atom stereocenters. The maximum atomic E-state index is 15.3. The number of hydrogen-bond acceptors (Lipinski definition) is 6. The molecular weight excluding hydrogens is 579 g/mol. The van der Waals surface area contributed by atoms with E-state index in [1.54, 1.807) is 0 Å². The van der Waals surface area contributed by atoms with E-state index in [-0.39, 0.29) is 56.0 Å². The highest BCUT2D eigenvalue weighted by atomic mass is 35.5. The second-order valence-corrected chi connectivity index (χ2v) is 9.27. The van der Waals surface area contributed by atoms with Crippen LogP contribution < -0.4 is 4.73 Å². The maximum Gasteiger partial charge on any atom is 0.333 e. The summed E-state index contributed by atoms with van der Waals surface area (Å²) in [6.07, 6.45) is 5.97. The van der Waals surface area contributed by atoms with E-state index in [4.69, 9.17) is 27.9 Å². The Hall–Kier alpha value is -4.01. The van der Waals surface area contributed by atoms with Crippen LogP contribution in [0, 0.1) is 16.8 Å². The number of rotatable bonds is 9. The number of methoxy groups -OCH3 is 1. The van der Waals surface area contributed by atoms with Crippen molar-refractivity contribution in [1.82, 2.24) is 34.6 Å². The zero-order valence-electron chi connectivity index (χ0n) is 20.4. The van der Waals surface area contributed by atoms with E-state index in [1.807, 2.05) is 0 Å². The van der Waals surface area contributed by atoms with Crippen LogP contribution in [0.15, 0.2) is 55.2 Å². The van der Waals surface area contributed by atoms with E-state index in [0.29, 0.717) is 10.9 Å². The largest absolute Gasteiger partial charge is 0.618 e. The molecule has 5 aromatic rings. The van der Waals surface area contributed by atoms with Gasteiger partial charge in [-0.2, -0.15) is 23.7 Å². The average molecular weight is 597 g/mol. The predicted molar refractivity (Wildman–Crippen MR) is 135 cm³/mol. The maximum absolute atomic E-state index is 15.3. The quantitative estimate of drug-likeness (QED) is 0.131. The smallest absolute Gasteiger partial charge is 0.333 e. The fraction of sp³-hybridized carbons (Fsp3) is 0.208. The summed E-state index contributed by atoms with van der Waals surface area (Å²) in [5, 5.41) is 28.4. The van der Waals surface area contributed by atoms with Gasteiger partial charge in [-0.15, -0.1) is 5.10 Å². The van der Waals surface area contributed by atoms with E-state index in [0.717, 1.165) is 6.20 Å². The molecule has 4 aromatic heterocycles. The summed E-state index contributed by atoms with van der Waals surface area (Å²) in [6.45, 7) is -2.88. The Morgan fingerprint density at radius 3 is 2.52 bits per heavy atom. The minimum absolute atomic E-state index is 0.0178. The van der Waals surface area contributed by atoms with Crippen LogP contribution in [0.3, 0.4) is 0 Å². The third-order valence-electron chi connectivity index (χ3n) is 6.09. The number of pyridine rings is 1. The number of hydrogen-bond donors (Lipinski definition) is 0. The molecule has 0 saturated heterocycles. The summed E-state index contributed by atoms with van der Waals surface area (Å²) < 4.78 is 64.8. The van der Waals surface area contributed by atoms with Gasteiger partial charge in [-0.05, 0) is 18.2 Å². The molecule has 5 rings (SSSR count). The van der Waals surface area contributed by atoms with E-state index < -0.39 is 29.9 Å². The Bertz CT molecular complexity index is 1670. The Labute approximate surface area is 233 Å². The molecule has 0 aliphatic carbocycles. The normalized spacial score (nSPS) is 12.4. The number of nitrogens with zero attached hydrogens (tertiary/aromatic N) is 8. The minimum atomic E-state index is -3.08. The van der Waals surface area contributed by atoms with Gasteiger partial charge < -0.3 is 9.94 Å². The van der Waals surface area contributed by atoms with Gasteiger partial charge in [0.25, 0.3) is 0 Å². The van der Waals surface area contributed by atoms with E-state index >= 15 is 4.39 Å². The zero-order valence-corrected chi connectivity index (χ0v) is 21.9. The fourth-order valence-corrected chi connectivity index (χ4v) is 4.58. The summed E-state index contributed by atoms with van der Waals surface area (Å²) in [6, 6.07) is 5.06. The van der Waals surface area contributed by atoms with Gasteiger partial charge in [0.2, 0.25) is 5.69 Å². The summed E-state index contributed by atoms with van der Waals surface area (Å²) in [5.41, 5.74) is 0.148. The molecule has 0 bridgehead atoms. The highest BCUT2D eigenvalue weighted by Crippen LogP contribution is 2.34. The summed E-state index contributed by atoms with van der Waals surface area (Å²) in [4.78, 5) is 0. The number of ether oxygens (including phenoxy) is 1. The lowest BCUT2D eigenvalue weighted by molar-refractivity contribution is -0.615. The average Bonchev–Trinajstić information content (AvgIpc) is 3.66. The molecule has 1 atom stereocenters. The first kappa shape index (κ1) is 27.6. The summed E-state index contributed by atoms with van der Waals surface area (Å²) in [5.74, 6) is -1.74. The topological polar surface area (TPSA) is 103 Å². The molecule has 0 N–H and O–H groups in total. The Morgan fingerprint density at radius 2 is 1.85 bits per heavy atom. The first-order chi connectivity index (χ1) is 19.2. The molecule has 0 aliphatic heterocycles. The van der Waals surface area contributed by atoms with E-state index in [1.165, 1.54) is 59.3 Å². The monoisotopic (exact) mass is 596 g/mol. The first-order valence-electron chi connectivity index (χ1n) is 11.5. The molecule has 16 heteroatoms. The van der Waals surface area contributed by atoms with Crippen LogP contribution in [0.1, 0.15) is 24.7 Å². The Balaban J connectivity index is 1.56. The van der Waals surface area contributed by atoms with Gasteiger partial charge in [-0.25, -0.2) is 18.1 Å². The lowest BCUT2D eigenvalue weighted by atomic mass is 10.0. The highest BCUT2D eigenvalue weighted by Gasteiger charge is 2.27. The summed E-state index contributed by atoms with van der Waals surface area (Å²) >= 11 is 11.9. The van der Waals surface area contributed by atoms with Gasteiger partial charge in [0.05, 0.1) is 40.4 Å². The van der Waals surface area contributed by atoms with Crippen molar-refractivity contribution < 1.29 is 27.0 Å². The number of alkyl halides is 2. The van der Waals surface area contributed by atoms with Gasteiger partial charge in [-0.3, -0.25) is 4.68 Å². The van der Waals surface area contributed by atoms with Crippen molar-refractivity contribution in [2.75, 3.05) is 13.7 Å². The Morgan fingerprint density at radius 1 is 1.05 bits per heavy atom. The van der Waals surface area contributed by atoms with Crippen molar-refractivity contribution in [1.29, 1.82) is 0 Å². The number of aromatic nitrogens is 8. The van der Waals surface area contributed by atoms with Crippen molar-refractivity contribution in [3.05, 3.63) is 88.0 Å². The Kier molecular flexibility index (Phi) is 7.74. The van der Waals surface area contributed by atoms with Crippen LogP contribution >= 0.6 is 23.2 Å². The minimum Gasteiger partial charge on any atom is -0.618 e. The standard InChI is InChI=1S/C24H18Cl2F4N8O2/c1-40-7-6-17(35-10-14(8-31-35)23-16(27)9-32-38(23)24(29)30)18-4-2-13(11-37(18)39)21-19(5-3-15(25)22(21)28)36-12-20(26)33-34-36/h2-5,8-12,17,24H,6-7H2,1H3. The van der Waals surface area contributed by atoms with Gasteiger partial charge in [-0.1, -0.05) is 28.4 Å². The predicted octanol–water partition coefficient (Wildman–Crippen LogP) is 5.23. The number of benzene rings is 1. The molecule has 0 saturated carbocycles. The van der Waals surface area contributed by atoms with Crippen molar-refractivity contribution in [3.63, 3.8) is 0 Å². The fourth-order valence-electron chi connectivity index (χ4n) is 4.30. The molecule has 0 spiro atoms. The van der Waals surface area contributed by atoms with Gasteiger partial charge >= 0.3 is 6.55 Å². The molecule has 0 fully saturated rings. The van der Waals surface area contributed by atoms with Crippen LogP contribution in [0.5, 0.6) is 0 Å². The van der Waals surface area contributed by atoms with Gasteiger partial charge in [0.15, 0.2) is 23.0 Å². The molecule has 40 heavy (non-hydrogen) atoms. The van der Waals surface area contributed by atoms with Crippen molar-refractivity contribution >= 4 is 23.2 Å². The SMILES string of the molecule is COCCC(c1ccc(-c2c(-n3cc(Cl)nn3)ccc(Cl)c2F)c[n+]1[O-])n1cc(-c2c(F)cnn2C(F)F)cn1. The lowest BCUT2D eigenvalue weighted by Gasteiger charge is -2.18. The molecule has 0 amide bonds. The molecular formula is C24H18Cl2F4N8O2. The third kappa shape index (κ3) is 5.12. The van der Waals surface area contributed by atoms with Gasteiger partial charge in [0, 0.05) is 38.0 Å². The molecule has 0 radical (unpaired) electrons. The van der Waals surface area contributed by atoms with E-state index in [9.17, 15) is 18.4 Å². The first-order valence-corrected chi connectivity index (χ1v) is 12.3. The molecule has 208 valence electrons. The third-order valence-corrected chi connectivity index (χ3v) is 6.55. The molecule has 1 aromatic carbocycles. The van der Waals surface area contributed by atoms with Crippen molar-refractivity contribution in [2.24, 2.45) is 0 Å². The van der Waals surface area contributed by atoms with Crippen LogP contribution in [0.25, 0.3) is 28.1 Å². The van der Waals surface area contributed by atoms with Crippen LogP contribution in [0.4, 0.5) is 17.6 Å². The second kappa shape index (κ2) is 11.2. The highest BCUT2D eigenvalue weighted by molar-refractivity contribution is 6.31. The molecule has 0 aliphatic rings. The molecule has 10 nitrogen and oxygen atoms in total. The van der Waals surface area contributed by atoms with Crippen molar-refractivity contribution in [2.45, 2.75) is 19.0 Å². The summed E-state index contributed by atoms with van der Waals surface area (Å²) in [7, 11) is 1.47. The van der Waals surface area contributed by atoms with Gasteiger partial charge in [0.1, 0.15) is 11.7 Å². The molecule has 4 heterocycles. The van der Waals surface area contributed by atoms with Crippen LogP contribution in [-0.2, 0) is 4.74 Å². The van der Waals surface area contributed by atoms with E-state index in [2.05, 4.69) is 20.5 Å². The lowest BCUT2D eigenvalue weighted by Crippen LogP contribution is -2.36. The van der Waals surface area contributed by atoms with Crippen LogP contribution in [-0.4, -0.2) is 48.3 Å². The number of halogens is 6.